The second kappa shape index (κ2) is 6.87. The molecule has 0 aliphatic rings. The van der Waals surface area contributed by atoms with Crippen molar-refractivity contribution in [3.8, 4) is 11.1 Å². The van der Waals surface area contributed by atoms with E-state index in [-0.39, 0.29) is 21.3 Å². The van der Waals surface area contributed by atoms with Gasteiger partial charge in [0, 0.05) is 16.4 Å². The zero-order chi connectivity index (χ0) is 19.0. The molecule has 0 saturated heterocycles. The molecule has 0 saturated carbocycles. The molecule has 4 nitrogen and oxygen atoms in total. The fraction of sp³-hybridized carbons (Fsp3) is 0.312. The summed E-state index contributed by atoms with van der Waals surface area (Å²) in [6.07, 6.45) is -3.69. The summed E-state index contributed by atoms with van der Waals surface area (Å²) >= 11 is 1.28. The van der Waals surface area contributed by atoms with Crippen molar-refractivity contribution in [2.24, 2.45) is 0 Å². The summed E-state index contributed by atoms with van der Waals surface area (Å²) in [5.41, 5.74) is -0.917. The third-order valence-corrected chi connectivity index (χ3v) is 5.47. The van der Waals surface area contributed by atoms with E-state index < -0.39 is 27.4 Å². The van der Waals surface area contributed by atoms with Crippen molar-refractivity contribution in [2.75, 3.05) is 6.26 Å². The molecule has 0 aliphatic heterocycles. The Balaban J connectivity index is 2.59. The van der Waals surface area contributed by atoms with Crippen LogP contribution in [0.25, 0.3) is 11.1 Å². The molecule has 0 radical (unpaired) electrons. The van der Waals surface area contributed by atoms with E-state index in [2.05, 4.69) is 4.42 Å². The maximum atomic E-state index is 12.6. The molecule has 0 N–H and O–H groups in total. The number of sulfone groups is 1. The zero-order valence-electron chi connectivity index (χ0n) is 13.5. The van der Waals surface area contributed by atoms with E-state index in [1.165, 1.54) is 30.0 Å². The quantitative estimate of drug-likeness (QED) is 0.729. The van der Waals surface area contributed by atoms with Gasteiger partial charge in [-0.2, -0.15) is 13.2 Å². The smallest absolute Gasteiger partial charge is 0.418 e. The van der Waals surface area contributed by atoms with Gasteiger partial charge in [-0.15, -0.1) is 11.8 Å². The van der Waals surface area contributed by atoms with E-state index in [9.17, 15) is 26.4 Å². The highest BCUT2D eigenvalue weighted by molar-refractivity contribution is 8.00. The summed E-state index contributed by atoms with van der Waals surface area (Å²) in [6.45, 7) is 3.74. The Morgan fingerprint density at radius 2 is 1.76 bits per heavy atom. The molecule has 0 fully saturated rings. The molecule has 2 aromatic rings. The van der Waals surface area contributed by atoms with Gasteiger partial charge in [0.1, 0.15) is 0 Å². The lowest BCUT2D eigenvalue weighted by Crippen LogP contribution is -2.12. The monoisotopic (exact) mass is 392 g/mol. The molecular formula is C16H15F3O4S2. The number of hydrogen-bond donors (Lipinski definition) is 0. The molecule has 1 aromatic carbocycles. The average Bonchev–Trinajstić information content (AvgIpc) is 2.44. The lowest BCUT2D eigenvalue weighted by Gasteiger charge is -2.12. The molecule has 0 amide bonds. The second-order valence-electron chi connectivity index (χ2n) is 5.60. The van der Waals surface area contributed by atoms with E-state index >= 15 is 0 Å². The van der Waals surface area contributed by atoms with Crippen LogP contribution in [0.3, 0.4) is 0 Å². The van der Waals surface area contributed by atoms with Gasteiger partial charge in [0.15, 0.2) is 9.84 Å². The molecule has 1 heterocycles. The van der Waals surface area contributed by atoms with Crippen molar-refractivity contribution in [3.63, 3.8) is 0 Å². The van der Waals surface area contributed by atoms with Crippen molar-refractivity contribution >= 4 is 21.6 Å². The highest BCUT2D eigenvalue weighted by Gasteiger charge is 2.34. The predicted octanol–water partition coefficient (Wildman–Crippen LogP) is 4.23. The van der Waals surface area contributed by atoms with Gasteiger partial charge >= 0.3 is 11.8 Å². The summed E-state index contributed by atoms with van der Waals surface area (Å²) in [4.78, 5) is 12.4. The standard InChI is InChI=1S/C16H15F3O4S2/c1-9(2)24-12-8-10(4-6-13(12)25(3,21)22)11-5-7-14(16(17,18)19)23-15(11)20/h4-9H,1-3H3. The normalized spacial score (nSPS) is 12.6. The van der Waals surface area contributed by atoms with Gasteiger partial charge in [-0.05, 0) is 29.8 Å². The highest BCUT2D eigenvalue weighted by Crippen LogP contribution is 2.34. The van der Waals surface area contributed by atoms with Crippen molar-refractivity contribution in [1.29, 1.82) is 0 Å². The SMILES string of the molecule is CC(C)Sc1cc(-c2ccc(C(F)(F)F)oc2=O)ccc1S(C)(=O)=O. The van der Waals surface area contributed by atoms with E-state index in [1.807, 2.05) is 13.8 Å². The topological polar surface area (TPSA) is 64.3 Å². The second-order valence-corrected chi connectivity index (χ2v) is 9.20. The molecule has 136 valence electrons. The van der Waals surface area contributed by atoms with Crippen molar-refractivity contribution in [2.45, 2.75) is 35.1 Å². The van der Waals surface area contributed by atoms with Crippen LogP contribution in [0.5, 0.6) is 0 Å². The van der Waals surface area contributed by atoms with Crippen LogP contribution < -0.4 is 5.63 Å². The van der Waals surface area contributed by atoms with Crippen LogP contribution in [-0.4, -0.2) is 19.9 Å². The maximum absolute atomic E-state index is 12.6. The first-order chi connectivity index (χ1) is 11.4. The summed E-state index contributed by atoms with van der Waals surface area (Å²) < 4.78 is 65.9. The van der Waals surface area contributed by atoms with Gasteiger partial charge < -0.3 is 4.42 Å². The molecular weight excluding hydrogens is 377 g/mol. The lowest BCUT2D eigenvalue weighted by molar-refractivity contribution is -0.154. The summed E-state index contributed by atoms with van der Waals surface area (Å²) in [6, 6.07) is 5.89. The van der Waals surface area contributed by atoms with Gasteiger partial charge in [0.25, 0.3) is 0 Å². The molecule has 1 aromatic heterocycles. The van der Waals surface area contributed by atoms with Crippen LogP contribution in [0.4, 0.5) is 13.2 Å². The third-order valence-electron chi connectivity index (χ3n) is 3.12. The van der Waals surface area contributed by atoms with Crippen LogP contribution in [0.2, 0.25) is 0 Å². The fourth-order valence-electron chi connectivity index (χ4n) is 2.11. The third kappa shape index (κ3) is 4.66. The predicted molar refractivity (Wildman–Crippen MR) is 89.5 cm³/mol. The fourth-order valence-corrected chi connectivity index (χ4v) is 4.34. The molecule has 0 bridgehead atoms. The van der Waals surface area contributed by atoms with Crippen molar-refractivity contribution in [3.05, 3.63) is 46.5 Å². The Labute approximate surface area is 147 Å². The highest BCUT2D eigenvalue weighted by atomic mass is 32.2. The van der Waals surface area contributed by atoms with Gasteiger partial charge in [0.05, 0.1) is 10.5 Å². The van der Waals surface area contributed by atoms with Gasteiger partial charge in [0.2, 0.25) is 5.76 Å². The minimum Gasteiger partial charge on any atom is -0.418 e. The molecule has 0 unspecified atom stereocenters. The van der Waals surface area contributed by atoms with E-state index in [4.69, 9.17) is 0 Å². The zero-order valence-corrected chi connectivity index (χ0v) is 15.2. The minimum absolute atomic E-state index is 0.0692. The number of hydrogen-bond acceptors (Lipinski definition) is 5. The molecule has 9 heteroatoms. The van der Waals surface area contributed by atoms with Crippen molar-refractivity contribution in [1.82, 2.24) is 0 Å². The summed E-state index contributed by atoms with van der Waals surface area (Å²) in [5.74, 6) is -1.38. The van der Waals surface area contributed by atoms with Crippen LogP contribution in [0.1, 0.15) is 19.6 Å². The summed E-state index contributed by atoms with van der Waals surface area (Å²) in [7, 11) is -3.49. The first-order valence-electron chi connectivity index (χ1n) is 7.12. The minimum atomic E-state index is -4.75. The Morgan fingerprint density at radius 1 is 1.12 bits per heavy atom. The Morgan fingerprint density at radius 3 is 2.24 bits per heavy atom. The Bertz CT molecular complexity index is 945. The first-order valence-corrected chi connectivity index (χ1v) is 9.89. The van der Waals surface area contributed by atoms with Crippen LogP contribution in [-0.2, 0) is 16.0 Å². The molecule has 2 rings (SSSR count). The van der Waals surface area contributed by atoms with Crippen LogP contribution >= 0.6 is 11.8 Å². The summed E-state index contributed by atoms with van der Waals surface area (Å²) in [5, 5.41) is 0.0692. The number of rotatable bonds is 4. The van der Waals surface area contributed by atoms with Crippen LogP contribution in [0, 0.1) is 0 Å². The molecule has 0 spiro atoms. The molecule has 25 heavy (non-hydrogen) atoms. The van der Waals surface area contributed by atoms with E-state index in [1.54, 1.807) is 0 Å². The lowest BCUT2D eigenvalue weighted by atomic mass is 10.1. The van der Waals surface area contributed by atoms with E-state index in [0.29, 0.717) is 11.0 Å². The molecule has 0 atom stereocenters. The average molecular weight is 392 g/mol. The van der Waals surface area contributed by atoms with Gasteiger partial charge in [-0.1, -0.05) is 19.9 Å². The van der Waals surface area contributed by atoms with Crippen molar-refractivity contribution < 1.29 is 26.0 Å². The largest absolute Gasteiger partial charge is 0.449 e. The number of thioether (sulfide) groups is 1. The maximum Gasteiger partial charge on any atom is 0.449 e. The Hall–Kier alpha value is -1.74. The first kappa shape index (κ1) is 19.6. The van der Waals surface area contributed by atoms with Crippen LogP contribution in [0.15, 0.2) is 49.3 Å². The van der Waals surface area contributed by atoms with Gasteiger partial charge in [-0.25, -0.2) is 13.2 Å². The molecule has 0 aliphatic carbocycles. The number of halogens is 3. The van der Waals surface area contributed by atoms with Gasteiger partial charge in [-0.3, -0.25) is 0 Å². The van der Waals surface area contributed by atoms with E-state index in [0.717, 1.165) is 12.3 Å². The number of alkyl halides is 3. The number of benzene rings is 1. The Kier molecular flexibility index (Phi) is 5.38.